The normalized spacial score (nSPS) is 11.9. The molecule has 90 valence electrons. The van der Waals surface area contributed by atoms with Gasteiger partial charge in [0.25, 0.3) is 5.91 Å². The molecule has 0 radical (unpaired) electrons. The zero-order valence-corrected chi connectivity index (χ0v) is 10.6. The van der Waals surface area contributed by atoms with E-state index in [0.29, 0.717) is 12.3 Å². The third kappa shape index (κ3) is 3.10. The number of aryl methyl sites for hydroxylation is 1. The molecule has 1 amide bonds. The predicted octanol–water partition coefficient (Wildman–Crippen LogP) is 1.66. The Morgan fingerprint density at radius 1 is 1.44 bits per heavy atom. The molecule has 16 heavy (non-hydrogen) atoms. The van der Waals surface area contributed by atoms with Crippen LogP contribution in [0.5, 0.6) is 0 Å². The van der Waals surface area contributed by atoms with Crippen molar-refractivity contribution in [1.82, 2.24) is 10.2 Å². The van der Waals surface area contributed by atoms with Gasteiger partial charge < -0.3 is 14.6 Å². The van der Waals surface area contributed by atoms with Crippen LogP contribution in [0.3, 0.4) is 0 Å². The Morgan fingerprint density at radius 2 is 2.06 bits per heavy atom. The Labute approximate surface area is 96.6 Å². The summed E-state index contributed by atoms with van der Waals surface area (Å²) in [6.45, 7) is 6.54. The van der Waals surface area contributed by atoms with Gasteiger partial charge in [-0.25, -0.2) is 0 Å². The monoisotopic (exact) mass is 224 g/mol. The maximum Gasteiger partial charge on any atom is 0.287 e. The number of nitrogens with zero attached hydrogens (tertiary/aromatic N) is 1. The minimum atomic E-state index is -0.164. The highest BCUT2D eigenvalue weighted by Gasteiger charge is 2.22. The van der Waals surface area contributed by atoms with Crippen molar-refractivity contribution in [2.24, 2.45) is 0 Å². The zero-order chi connectivity index (χ0) is 12.3. The standard InChI is InChI=1S/C12H20N2O2/c1-9-6-7-10(16-9)11(15)13-8-12(2,3)14(4)5/h6-7H,8H2,1-5H3,(H,13,15). The molecule has 0 atom stereocenters. The quantitative estimate of drug-likeness (QED) is 0.846. The van der Waals surface area contributed by atoms with Gasteiger partial charge in [-0.05, 0) is 47.0 Å². The van der Waals surface area contributed by atoms with Gasteiger partial charge in [0, 0.05) is 12.1 Å². The largest absolute Gasteiger partial charge is 0.456 e. The van der Waals surface area contributed by atoms with Crippen molar-refractivity contribution < 1.29 is 9.21 Å². The minimum absolute atomic E-state index is 0.0721. The van der Waals surface area contributed by atoms with E-state index < -0.39 is 0 Å². The first-order valence-corrected chi connectivity index (χ1v) is 5.35. The first-order chi connectivity index (χ1) is 7.33. The van der Waals surface area contributed by atoms with E-state index in [2.05, 4.69) is 24.1 Å². The van der Waals surface area contributed by atoms with Gasteiger partial charge in [0.15, 0.2) is 5.76 Å². The highest BCUT2D eigenvalue weighted by Crippen LogP contribution is 2.09. The Bertz CT molecular complexity index is 367. The molecule has 0 aliphatic rings. The Morgan fingerprint density at radius 3 is 2.50 bits per heavy atom. The summed E-state index contributed by atoms with van der Waals surface area (Å²) in [7, 11) is 3.98. The van der Waals surface area contributed by atoms with E-state index in [4.69, 9.17) is 4.42 Å². The number of furan rings is 1. The molecule has 1 N–H and O–H groups in total. The second kappa shape index (κ2) is 4.70. The molecule has 1 rings (SSSR count). The van der Waals surface area contributed by atoms with Gasteiger partial charge >= 0.3 is 0 Å². The van der Waals surface area contributed by atoms with E-state index in [1.165, 1.54) is 0 Å². The maximum absolute atomic E-state index is 11.7. The van der Waals surface area contributed by atoms with E-state index in [0.717, 1.165) is 5.76 Å². The fourth-order valence-electron chi connectivity index (χ4n) is 1.10. The van der Waals surface area contributed by atoms with Crippen LogP contribution in [-0.4, -0.2) is 37.0 Å². The number of rotatable bonds is 4. The lowest BCUT2D eigenvalue weighted by Crippen LogP contribution is -2.48. The van der Waals surface area contributed by atoms with Crippen LogP contribution in [0.1, 0.15) is 30.2 Å². The Balaban J connectivity index is 2.54. The van der Waals surface area contributed by atoms with Crippen LogP contribution < -0.4 is 5.32 Å². The summed E-state index contributed by atoms with van der Waals surface area (Å²) in [4.78, 5) is 13.8. The SMILES string of the molecule is Cc1ccc(C(=O)NCC(C)(C)N(C)C)o1. The highest BCUT2D eigenvalue weighted by molar-refractivity contribution is 5.91. The predicted molar refractivity (Wildman–Crippen MR) is 63.5 cm³/mol. The van der Waals surface area contributed by atoms with Crippen molar-refractivity contribution in [2.75, 3.05) is 20.6 Å². The highest BCUT2D eigenvalue weighted by atomic mass is 16.3. The molecule has 0 saturated heterocycles. The van der Waals surface area contributed by atoms with Gasteiger partial charge in [0.2, 0.25) is 0 Å². The molecule has 1 aromatic rings. The van der Waals surface area contributed by atoms with E-state index in [1.54, 1.807) is 12.1 Å². The van der Waals surface area contributed by atoms with Crippen LogP contribution in [0, 0.1) is 6.92 Å². The average Bonchev–Trinajstić information content (AvgIpc) is 2.61. The maximum atomic E-state index is 11.7. The molecule has 4 nitrogen and oxygen atoms in total. The molecule has 0 unspecified atom stereocenters. The van der Waals surface area contributed by atoms with Gasteiger partial charge in [0.1, 0.15) is 5.76 Å². The molecule has 0 spiro atoms. The average molecular weight is 224 g/mol. The van der Waals surface area contributed by atoms with Gasteiger partial charge in [0.05, 0.1) is 0 Å². The summed E-state index contributed by atoms with van der Waals surface area (Å²) in [5, 5.41) is 2.86. The number of carbonyl (C=O) groups excluding carboxylic acids is 1. The van der Waals surface area contributed by atoms with Crippen molar-refractivity contribution in [2.45, 2.75) is 26.3 Å². The smallest absolute Gasteiger partial charge is 0.287 e. The summed E-state index contributed by atoms with van der Waals surface area (Å²) in [5.41, 5.74) is -0.0721. The van der Waals surface area contributed by atoms with Crippen molar-refractivity contribution in [1.29, 1.82) is 0 Å². The van der Waals surface area contributed by atoms with Gasteiger partial charge in [-0.3, -0.25) is 4.79 Å². The fourth-order valence-corrected chi connectivity index (χ4v) is 1.10. The van der Waals surface area contributed by atoms with Crippen LogP contribution in [0.2, 0.25) is 0 Å². The van der Waals surface area contributed by atoms with E-state index >= 15 is 0 Å². The van der Waals surface area contributed by atoms with Crippen molar-refractivity contribution in [3.8, 4) is 0 Å². The summed E-state index contributed by atoms with van der Waals surface area (Å²) in [5.74, 6) is 0.951. The van der Waals surface area contributed by atoms with Gasteiger partial charge in [-0.2, -0.15) is 0 Å². The van der Waals surface area contributed by atoms with Crippen molar-refractivity contribution in [3.05, 3.63) is 23.7 Å². The molecule has 0 fully saturated rings. The van der Waals surface area contributed by atoms with Crippen LogP contribution in [0.4, 0.5) is 0 Å². The van der Waals surface area contributed by atoms with Gasteiger partial charge in [-0.15, -0.1) is 0 Å². The van der Waals surface area contributed by atoms with Crippen LogP contribution in [-0.2, 0) is 0 Å². The number of hydrogen-bond donors (Lipinski definition) is 1. The number of nitrogens with one attached hydrogen (secondary N) is 1. The molecular weight excluding hydrogens is 204 g/mol. The third-order valence-corrected chi connectivity index (χ3v) is 2.86. The van der Waals surface area contributed by atoms with Gasteiger partial charge in [-0.1, -0.05) is 0 Å². The van der Waals surface area contributed by atoms with Crippen LogP contribution >= 0.6 is 0 Å². The Hall–Kier alpha value is -1.29. The van der Waals surface area contributed by atoms with Crippen molar-refractivity contribution >= 4 is 5.91 Å². The second-order valence-electron chi connectivity index (χ2n) is 4.80. The number of likely N-dealkylation sites (N-methyl/N-ethyl adjacent to an activating group) is 1. The molecule has 1 heterocycles. The van der Waals surface area contributed by atoms with Crippen LogP contribution in [0.15, 0.2) is 16.5 Å². The number of amides is 1. The van der Waals surface area contributed by atoms with Crippen molar-refractivity contribution in [3.63, 3.8) is 0 Å². The summed E-state index contributed by atoms with van der Waals surface area (Å²) in [6, 6.07) is 3.47. The van der Waals surface area contributed by atoms with Crippen LogP contribution in [0.25, 0.3) is 0 Å². The van der Waals surface area contributed by atoms with E-state index in [1.807, 2.05) is 21.0 Å². The molecule has 1 aromatic heterocycles. The molecule has 0 bridgehead atoms. The first-order valence-electron chi connectivity index (χ1n) is 5.35. The summed E-state index contributed by atoms with van der Waals surface area (Å²) < 4.78 is 5.25. The minimum Gasteiger partial charge on any atom is -0.456 e. The third-order valence-electron chi connectivity index (χ3n) is 2.86. The number of hydrogen-bond acceptors (Lipinski definition) is 3. The van der Waals surface area contributed by atoms with E-state index in [-0.39, 0.29) is 11.4 Å². The first kappa shape index (κ1) is 12.8. The molecule has 0 aliphatic heterocycles. The zero-order valence-electron chi connectivity index (χ0n) is 10.6. The molecule has 0 aliphatic carbocycles. The summed E-state index contributed by atoms with van der Waals surface area (Å²) in [6.07, 6.45) is 0. The second-order valence-corrected chi connectivity index (χ2v) is 4.80. The molecule has 4 heteroatoms. The topological polar surface area (TPSA) is 45.5 Å². The molecule has 0 saturated carbocycles. The van der Waals surface area contributed by atoms with E-state index in [9.17, 15) is 4.79 Å². The molecule has 0 aromatic carbocycles. The Kier molecular flexibility index (Phi) is 3.75. The summed E-state index contributed by atoms with van der Waals surface area (Å²) >= 11 is 0. The fraction of sp³-hybridized carbons (Fsp3) is 0.583. The molecular formula is C12H20N2O2. The lowest BCUT2D eigenvalue weighted by Gasteiger charge is -2.32. The number of carbonyl (C=O) groups is 1. The lowest BCUT2D eigenvalue weighted by molar-refractivity contribution is 0.0891. The lowest BCUT2D eigenvalue weighted by atomic mass is 10.0.